The maximum atomic E-state index is 9.87. The molecule has 138 valence electrons. The lowest BCUT2D eigenvalue weighted by molar-refractivity contribution is 0.0188. The molecule has 0 radical (unpaired) electrons. The minimum atomic E-state index is -0.218. The van der Waals surface area contributed by atoms with Crippen LogP contribution in [-0.4, -0.2) is 43.6 Å². The van der Waals surface area contributed by atoms with Crippen LogP contribution in [0.1, 0.15) is 43.2 Å². The van der Waals surface area contributed by atoms with Crippen LogP contribution in [-0.2, 0) is 4.74 Å². The van der Waals surface area contributed by atoms with Crippen molar-refractivity contribution >= 4 is 11.4 Å². The third-order valence-corrected chi connectivity index (χ3v) is 5.16. The van der Waals surface area contributed by atoms with E-state index in [4.69, 9.17) is 10.5 Å². The predicted molar refractivity (Wildman–Crippen MR) is 102 cm³/mol. The van der Waals surface area contributed by atoms with Crippen LogP contribution in [0.25, 0.3) is 5.70 Å². The van der Waals surface area contributed by atoms with Gasteiger partial charge >= 0.3 is 0 Å². The molecule has 4 N–H and O–H groups in total. The van der Waals surface area contributed by atoms with Crippen molar-refractivity contribution in [2.24, 2.45) is 5.73 Å². The molecule has 1 aromatic rings. The van der Waals surface area contributed by atoms with Crippen molar-refractivity contribution in [3.63, 3.8) is 0 Å². The number of rotatable bonds is 5. The highest BCUT2D eigenvalue weighted by Gasteiger charge is 2.18. The van der Waals surface area contributed by atoms with Gasteiger partial charge in [0, 0.05) is 43.7 Å². The van der Waals surface area contributed by atoms with Crippen LogP contribution >= 0.6 is 0 Å². The van der Waals surface area contributed by atoms with E-state index in [1.54, 1.807) is 0 Å². The van der Waals surface area contributed by atoms with E-state index in [1.165, 1.54) is 12.8 Å². The Morgan fingerprint density at radius 1 is 1.36 bits per heavy atom. The fourth-order valence-electron chi connectivity index (χ4n) is 3.70. The maximum Gasteiger partial charge on any atom is 0.0747 e. The summed E-state index contributed by atoms with van der Waals surface area (Å²) in [6, 6.07) is 6.35. The van der Waals surface area contributed by atoms with E-state index in [9.17, 15) is 5.11 Å². The van der Waals surface area contributed by atoms with E-state index in [-0.39, 0.29) is 6.10 Å². The Morgan fingerprint density at radius 2 is 2.24 bits per heavy atom. The first-order valence-corrected chi connectivity index (χ1v) is 9.48. The zero-order chi connectivity index (χ0) is 17.6. The van der Waals surface area contributed by atoms with Gasteiger partial charge in [0.1, 0.15) is 0 Å². The topological polar surface area (TPSA) is 70.8 Å². The van der Waals surface area contributed by atoms with E-state index < -0.39 is 0 Å². The fourth-order valence-corrected chi connectivity index (χ4v) is 3.70. The summed E-state index contributed by atoms with van der Waals surface area (Å²) < 4.78 is 5.72. The monoisotopic (exact) mass is 345 g/mol. The summed E-state index contributed by atoms with van der Waals surface area (Å²) in [6.45, 7) is 5.49. The highest BCUT2D eigenvalue weighted by molar-refractivity contribution is 5.68. The third kappa shape index (κ3) is 4.89. The standard InChI is InChI=1S/C20H31N3O2/c1-15-11-16(23-9-4-5-17(24)14-23)7-8-19(15)20(21)13-22-12-18-6-2-3-10-25-18/h7-8,11,13,17-18,22,24H,2-6,9-10,12,14,21H2,1H3/b20-13-. The number of nitrogens with one attached hydrogen (secondary N) is 1. The van der Waals surface area contributed by atoms with Gasteiger partial charge in [0.25, 0.3) is 0 Å². The summed E-state index contributed by atoms with van der Waals surface area (Å²) in [4.78, 5) is 2.25. The van der Waals surface area contributed by atoms with Crippen molar-refractivity contribution in [3.05, 3.63) is 35.5 Å². The highest BCUT2D eigenvalue weighted by atomic mass is 16.5. The molecule has 0 amide bonds. The van der Waals surface area contributed by atoms with Crippen molar-refractivity contribution in [3.8, 4) is 0 Å². The lowest BCUT2D eigenvalue weighted by Gasteiger charge is -2.32. The summed E-state index contributed by atoms with van der Waals surface area (Å²) in [7, 11) is 0. The van der Waals surface area contributed by atoms with E-state index in [0.29, 0.717) is 12.6 Å². The van der Waals surface area contributed by atoms with Crippen molar-refractivity contribution < 1.29 is 9.84 Å². The van der Waals surface area contributed by atoms with E-state index >= 15 is 0 Å². The molecular weight excluding hydrogens is 314 g/mol. The zero-order valence-corrected chi connectivity index (χ0v) is 15.2. The molecule has 0 aromatic heterocycles. The van der Waals surface area contributed by atoms with Crippen LogP contribution < -0.4 is 16.0 Å². The summed E-state index contributed by atoms with van der Waals surface area (Å²) in [5.74, 6) is 0. The molecule has 2 atom stereocenters. The first-order valence-electron chi connectivity index (χ1n) is 9.48. The lowest BCUT2D eigenvalue weighted by Crippen LogP contribution is -2.38. The number of aliphatic hydroxyl groups excluding tert-OH is 1. The SMILES string of the molecule is Cc1cc(N2CCCC(O)C2)ccc1/C(N)=C/NCC1CCCCO1. The van der Waals surface area contributed by atoms with Crippen molar-refractivity contribution in [2.75, 3.05) is 31.1 Å². The Morgan fingerprint density at radius 3 is 2.96 bits per heavy atom. The van der Waals surface area contributed by atoms with E-state index in [0.717, 1.165) is 61.5 Å². The van der Waals surface area contributed by atoms with Crippen molar-refractivity contribution in [1.82, 2.24) is 5.32 Å². The number of anilines is 1. The Labute approximate surface area is 150 Å². The first-order chi connectivity index (χ1) is 12.1. The number of aryl methyl sites for hydroxylation is 1. The second-order valence-electron chi connectivity index (χ2n) is 7.24. The van der Waals surface area contributed by atoms with Crippen LogP contribution in [0.5, 0.6) is 0 Å². The molecule has 5 nitrogen and oxygen atoms in total. The number of benzene rings is 1. The molecule has 0 saturated carbocycles. The molecule has 5 heteroatoms. The van der Waals surface area contributed by atoms with E-state index in [1.807, 2.05) is 6.20 Å². The summed E-state index contributed by atoms with van der Waals surface area (Å²) in [5, 5.41) is 13.2. The molecule has 2 fully saturated rings. The van der Waals surface area contributed by atoms with Crippen molar-refractivity contribution in [1.29, 1.82) is 0 Å². The molecule has 2 saturated heterocycles. The van der Waals surface area contributed by atoms with Crippen LogP contribution in [0.15, 0.2) is 24.4 Å². The minimum absolute atomic E-state index is 0.218. The molecular formula is C20H31N3O2. The molecule has 2 aliphatic rings. The van der Waals surface area contributed by atoms with Gasteiger partial charge in [-0.15, -0.1) is 0 Å². The molecule has 0 bridgehead atoms. The van der Waals surface area contributed by atoms with E-state index in [2.05, 4.69) is 35.3 Å². The third-order valence-electron chi connectivity index (χ3n) is 5.16. The molecule has 0 aliphatic carbocycles. The predicted octanol–water partition coefficient (Wildman–Crippen LogP) is 2.37. The van der Waals surface area contributed by atoms with Crippen LogP contribution in [0.2, 0.25) is 0 Å². The highest BCUT2D eigenvalue weighted by Crippen LogP contribution is 2.25. The minimum Gasteiger partial charge on any atom is -0.397 e. The average molecular weight is 345 g/mol. The Hall–Kier alpha value is -1.72. The number of aliphatic hydroxyl groups is 1. The smallest absolute Gasteiger partial charge is 0.0747 e. The lowest BCUT2D eigenvalue weighted by atomic mass is 10.0. The van der Waals surface area contributed by atoms with Gasteiger partial charge in [0.15, 0.2) is 0 Å². The Balaban J connectivity index is 1.60. The van der Waals surface area contributed by atoms with Gasteiger partial charge in [0.05, 0.1) is 17.9 Å². The van der Waals surface area contributed by atoms with Gasteiger partial charge in [-0.3, -0.25) is 0 Å². The quantitative estimate of drug-likeness (QED) is 0.764. The van der Waals surface area contributed by atoms with Gasteiger partial charge < -0.3 is 25.8 Å². The normalized spacial score (nSPS) is 25.0. The Kier molecular flexibility index (Phi) is 6.21. The number of β-amino-alcohol motifs (C(OH)–C–C–N with tert-alkyl or cyclic N) is 1. The molecule has 0 spiro atoms. The molecule has 1 aromatic carbocycles. The summed E-state index contributed by atoms with van der Waals surface area (Å²) >= 11 is 0. The number of hydrogen-bond donors (Lipinski definition) is 3. The first kappa shape index (κ1) is 18.1. The summed E-state index contributed by atoms with van der Waals surface area (Å²) in [6.07, 6.45) is 7.46. The maximum absolute atomic E-state index is 9.87. The summed E-state index contributed by atoms with van der Waals surface area (Å²) in [5.41, 5.74) is 10.4. The van der Waals surface area contributed by atoms with Gasteiger partial charge in [-0.25, -0.2) is 0 Å². The van der Waals surface area contributed by atoms with Gasteiger partial charge in [-0.2, -0.15) is 0 Å². The fraction of sp³-hybridized carbons (Fsp3) is 0.600. The van der Waals surface area contributed by atoms with Crippen molar-refractivity contribution in [2.45, 2.75) is 51.2 Å². The molecule has 2 unspecified atom stereocenters. The van der Waals surface area contributed by atoms with Crippen LogP contribution in [0.3, 0.4) is 0 Å². The number of piperidine rings is 1. The van der Waals surface area contributed by atoms with Crippen LogP contribution in [0.4, 0.5) is 5.69 Å². The number of nitrogens with two attached hydrogens (primary N) is 1. The second kappa shape index (κ2) is 8.59. The zero-order valence-electron chi connectivity index (χ0n) is 15.2. The van der Waals surface area contributed by atoms with Crippen LogP contribution in [0, 0.1) is 6.92 Å². The molecule has 2 aliphatic heterocycles. The second-order valence-corrected chi connectivity index (χ2v) is 7.24. The van der Waals surface area contributed by atoms with Gasteiger partial charge in [0.2, 0.25) is 0 Å². The number of hydrogen-bond acceptors (Lipinski definition) is 5. The Bertz CT molecular complexity index is 597. The van der Waals surface area contributed by atoms with Gasteiger partial charge in [-0.1, -0.05) is 6.07 Å². The molecule has 3 rings (SSSR count). The molecule has 2 heterocycles. The number of nitrogens with zero attached hydrogens (tertiary/aromatic N) is 1. The van der Waals surface area contributed by atoms with Gasteiger partial charge in [-0.05, 0) is 56.7 Å². The number of ether oxygens (including phenoxy) is 1. The average Bonchev–Trinajstić information content (AvgIpc) is 2.62. The molecule has 25 heavy (non-hydrogen) atoms. The largest absolute Gasteiger partial charge is 0.397 e.